The first kappa shape index (κ1) is 15.5. The van der Waals surface area contributed by atoms with Gasteiger partial charge in [-0.25, -0.2) is 4.98 Å². The fourth-order valence-electron chi connectivity index (χ4n) is 2.74. The molecule has 0 aliphatic heterocycles. The smallest absolute Gasteiger partial charge is 0.217 e. The molecular weight excluding hydrogens is 262 g/mol. The number of hydrogen-bond acceptors (Lipinski definition) is 2. The first-order valence-electron chi connectivity index (χ1n) is 7.89. The van der Waals surface area contributed by atoms with Crippen molar-refractivity contribution in [3.63, 3.8) is 0 Å². The lowest BCUT2D eigenvalue weighted by Crippen LogP contribution is -2.28. The van der Waals surface area contributed by atoms with Crippen LogP contribution in [0.2, 0.25) is 0 Å². The fourth-order valence-corrected chi connectivity index (χ4v) is 2.74. The van der Waals surface area contributed by atoms with E-state index in [9.17, 15) is 4.79 Å². The molecule has 1 aromatic heterocycles. The Balaban J connectivity index is 2.44. The minimum absolute atomic E-state index is 0.00130. The molecule has 0 fully saturated rings. The number of amides is 1. The van der Waals surface area contributed by atoms with Gasteiger partial charge in [-0.1, -0.05) is 38.8 Å². The summed E-state index contributed by atoms with van der Waals surface area (Å²) in [5.41, 5.74) is 2.16. The van der Waals surface area contributed by atoms with Crippen LogP contribution >= 0.6 is 0 Å². The van der Waals surface area contributed by atoms with Gasteiger partial charge in [0.05, 0.1) is 17.1 Å². The molecule has 0 spiro atoms. The molecule has 1 amide bonds. The first-order valence-corrected chi connectivity index (χ1v) is 7.89. The van der Waals surface area contributed by atoms with E-state index in [1.54, 1.807) is 6.92 Å². The highest BCUT2D eigenvalue weighted by atomic mass is 16.1. The van der Waals surface area contributed by atoms with Gasteiger partial charge in [0, 0.05) is 13.5 Å². The summed E-state index contributed by atoms with van der Waals surface area (Å²) in [5.74, 6) is 0.993. The van der Waals surface area contributed by atoms with Crippen LogP contribution in [-0.4, -0.2) is 15.5 Å². The maximum Gasteiger partial charge on any atom is 0.217 e. The summed E-state index contributed by atoms with van der Waals surface area (Å²) in [6.07, 6.45) is 4.18. The van der Waals surface area contributed by atoms with Crippen LogP contribution in [0.15, 0.2) is 24.3 Å². The third kappa shape index (κ3) is 3.63. The number of aromatic nitrogens is 2. The third-order valence-corrected chi connectivity index (χ3v) is 3.67. The van der Waals surface area contributed by atoms with Crippen molar-refractivity contribution in [2.75, 3.05) is 0 Å². The van der Waals surface area contributed by atoms with Crippen molar-refractivity contribution in [2.45, 2.75) is 59.0 Å². The van der Waals surface area contributed by atoms with Gasteiger partial charge >= 0.3 is 0 Å². The second kappa shape index (κ2) is 7.25. The van der Waals surface area contributed by atoms with Crippen molar-refractivity contribution in [1.29, 1.82) is 0 Å². The lowest BCUT2D eigenvalue weighted by Gasteiger charge is -2.19. The summed E-state index contributed by atoms with van der Waals surface area (Å²) in [6, 6.07) is 8.19. The molecule has 4 nitrogen and oxygen atoms in total. The summed E-state index contributed by atoms with van der Waals surface area (Å²) in [5, 5.41) is 3.07. The molecule has 0 aliphatic rings. The first-order chi connectivity index (χ1) is 10.2. The zero-order valence-corrected chi connectivity index (χ0v) is 13.2. The maximum absolute atomic E-state index is 11.5. The van der Waals surface area contributed by atoms with E-state index in [1.807, 2.05) is 18.2 Å². The van der Waals surface area contributed by atoms with Gasteiger partial charge in [-0.05, 0) is 25.0 Å². The number of unbranched alkanes of at least 4 members (excludes halogenated alkanes) is 1. The van der Waals surface area contributed by atoms with E-state index in [-0.39, 0.29) is 11.9 Å². The largest absolute Gasteiger partial charge is 0.346 e. The Kier molecular flexibility index (Phi) is 5.37. The van der Waals surface area contributed by atoms with Crippen LogP contribution in [0.1, 0.15) is 58.3 Å². The van der Waals surface area contributed by atoms with Gasteiger partial charge < -0.3 is 9.88 Å². The molecule has 1 atom stereocenters. The number of carbonyl (C=O) groups is 1. The van der Waals surface area contributed by atoms with Gasteiger partial charge in [0.25, 0.3) is 0 Å². The highest BCUT2D eigenvalue weighted by Gasteiger charge is 2.20. The Morgan fingerprint density at radius 2 is 2.05 bits per heavy atom. The van der Waals surface area contributed by atoms with E-state index in [2.05, 4.69) is 29.8 Å². The van der Waals surface area contributed by atoms with Crippen LogP contribution in [0.3, 0.4) is 0 Å². The Labute approximate surface area is 126 Å². The molecule has 0 bridgehead atoms. The number of nitrogens with zero attached hydrogens (tertiary/aromatic N) is 2. The highest BCUT2D eigenvalue weighted by Crippen LogP contribution is 2.24. The molecule has 0 aliphatic carbocycles. The Bertz CT molecular complexity index is 603. The van der Waals surface area contributed by atoms with Crippen molar-refractivity contribution < 1.29 is 4.79 Å². The van der Waals surface area contributed by atoms with Crippen molar-refractivity contribution in [1.82, 2.24) is 14.9 Å². The minimum atomic E-state index is 0.00130. The van der Waals surface area contributed by atoms with E-state index in [0.29, 0.717) is 0 Å². The lowest BCUT2D eigenvalue weighted by molar-refractivity contribution is -0.119. The predicted molar refractivity (Wildman–Crippen MR) is 86.1 cm³/mol. The Morgan fingerprint density at radius 1 is 1.29 bits per heavy atom. The number of hydrogen-bond donors (Lipinski definition) is 1. The van der Waals surface area contributed by atoms with Gasteiger partial charge in [-0.15, -0.1) is 0 Å². The molecule has 0 saturated carbocycles. The summed E-state index contributed by atoms with van der Waals surface area (Å²) < 4.78 is 2.26. The zero-order chi connectivity index (χ0) is 15.2. The third-order valence-electron chi connectivity index (χ3n) is 3.67. The quantitative estimate of drug-likeness (QED) is 0.841. The summed E-state index contributed by atoms with van der Waals surface area (Å²) in [4.78, 5) is 16.3. The Morgan fingerprint density at radius 3 is 2.71 bits per heavy atom. The van der Waals surface area contributed by atoms with Gasteiger partial charge in [0.15, 0.2) is 0 Å². The molecule has 0 radical (unpaired) electrons. The minimum Gasteiger partial charge on any atom is -0.346 e. The van der Waals surface area contributed by atoms with E-state index in [4.69, 9.17) is 4.98 Å². The van der Waals surface area contributed by atoms with Crippen LogP contribution in [0, 0.1) is 0 Å². The highest BCUT2D eigenvalue weighted by molar-refractivity contribution is 5.77. The van der Waals surface area contributed by atoms with Crippen LogP contribution in [0.4, 0.5) is 0 Å². The number of imidazole rings is 1. The number of aryl methyl sites for hydroxylation is 1. The Hall–Kier alpha value is -1.84. The van der Waals surface area contributed by atoms with Crippen molar-refractivity contribution in [3.8, 4) is 0 Å². The fraction of sp³-hybridized carbons (Fsp3) is 0.529. The number of benzene rings is 1. The molecule has 2 rings (SSSR count). The van der Waals surface area contributed by atoms with E-state index in [1.165, 1.54) is 0 Å². The summed E-state index contributed by atoms with van der Waals surface area (Å²) in [6.45, 7) is 6.83. The summed E-state index contributed by atoms with van der Waals surface area (Å²) in [7, 11) is 0. The topological polar surface area (TPSA) is 46.9 Å². The number of nitrogens with one attached hydrogen (secondary N) is 1. The monoisotopic (exact) mass is 287 g/mol. The molecule has 0 saturated heterocycles. The van der Waals surface area contributed by atoms with Gasteiger partial charge in [-0.3, -0.25) is 4.79 Å². The van der Waals surface area contributed by atoms with E-state index in [0.717, 1.165) is 49.1 Å². The van der Waals surface area contributed by atoms with Gasteiger partial charge in [0.1, 0.15) is 5.82 Å². The lowest BCUT2D eigenvalue weighted by atomic mass is 10.1. The number of rotatable bonds is 7. The normalized spacial score (nSPS) is 12.5. The van der Waals surface area contributed by atoms with Crippen LogP contribution < -0.4 is 5.32 Å². The molecule has 1 aromatic carbocycles. The van der Waals surface area contributed by atoms with Crippen molar-refractivity contribution in [3.05, 3.63) is 30.1 Å². The van der Waals surface area contributed by atoms with Crippen molar-refractivity contribution in [2.24, 2.45) is 0 Å². The number of fused-ring (bicyclic) bond motifs is 1. The molecule has 1 heterocycles. The van der Waals surface area contributed by atoms with Crippen LogP contribution in [0.25, 0.3) is 11.0 Å². The number of para-hydroxylation sites is 2. The van der Waals surface area contributed by atoms with Gasteiger partial charge in [0.2, 0.25) is 5.91 Å². The molecule has 4 heteroatoms. The maximum atomic E-state index is 11.5. The van der Waals surface area contributed by atoms with Gasteiger partial charge in [-0.2, -0.15) is 0 Å². The van der Waals surface area contributed by atoms with E-state index >= 15 is 0 Å². The molecule has 114 valence electrons. The second-order valence-corrected chi connectivity index (χ2v) is 5.51. The molecule has 21 heavy (non-hydrogen) atoms. The molecule has 1 N–H and O–H groups in total. The van der Waals surface area contributed by atoms with Crippen LogP contribution in [-0.2, 0) is 11.3 Å². The molecule has 2 aromatic rings. The van der Waals surface area contributed by atoms with Crippen molar-refractivity contribution >= 4 is 16.9 Å². The summed E-state index contributed by atoms with van der Waals surface area (Å²) >= 11 is 0. The predicted octanol–water partition coefficient (Wildman–Crippen LogP) is 3.81. The molecular formula is C17H25N3O. The standard InChI is InChI=1S/C17H25N3O/c1-4-6-9-15(18-13(3)21)17-19-14-10-7-8-11-16(14)20(17)12-5-2/h7-8,10-11,15H,4-6,9,12H2,1-3H3,(H,18,21)/t15-/m1/s1. The zero-order valence-electron chi connectivity index (χ0n) is 13.2. The van der Waals surface area contributed by atoms with E-state index < -0.39 is 0 Å². The van der Waals surface area contributed by atoms with Crippen LogP contribution in [0.5, 0.6) is 0 Å². The molecule has 0 unspecified atom stereocenters. The second-order valence-electron chi connectivity index (χ2n) is 5.51. The number of carbonyl (C=O) groups excluding carboxylic acids is 1. The average Bonchev–Trinajstić information content (AvgIpc) is 2.82. The SMILES string of the molecule is CCCC[C@@H](NC(C)=O)c1nc2ccccc2n1CCC. The average molecular weight is 287 g/mol.